The number of benzene rings is 2. The maximum Gasteiger partial charge on any atom is 0.427 e. The number of pyridine rings is 2. The zero-order chi connectivity index (χ0) is 49.4. The van der Waals surface area contributed by atoms with Gasteiger partial charge >= 0.3 is 18.3 Å². The zero-order valence-corrected chi connectivity index (χ0v) is 39.7. The summed E-state index contributed by atoms with van der Waals surface area (Å²) in [7, 11) is 3.08. The van der Waals surface area contributed by atoms with Gasteiger partial charge in [0.25, 0.3) is 0 Å². The molecule has 2 aromatic carbocycles. The summed E-state index contributed by atoms with van der Waals surface area (Å²) in [5.74, 6) is -2.00. The van der Waals surface area contributed by atoms with Crippen molar-refractivity contribution in [1.82, 2.24) is 29.7 Å². The summed E-state index contributed by atoms with van der Waals surface area (Å²) < 4.78 is 126. The molecule has 10 rings (SSSR count). The summed E-state index contributed by atoms with van der Waals surface area (Å²) in [5.41, 5.74) is -1.52. The highest BCUT2D eigenvalue weighted by Gasteiger charge is 2.61. The standard InChI is InChI=1S/C50H54F6N8O6/c1-27-20-34(37(52)44(57-27)61(22-28-8-13-32(66-5)14-9-28)23-29-10-15-33(67-6)16-11-29)39-38(53)40-36-43(60-46(59-40)68-26-49-18-7-19-62(49)24-30(51)21-49)63-25-31-12-17-35(64(31)47(65)70-48(2,3)4)41(63)42(50(54,55)56)69-45(36)58-39/h8-11,13-16,20,30-31,35,41-42H,7,12,17-19,21-26H2,1-6H3/t30-,31-,35+,41+,42-,49+/m1/s1. The van der Waals surface area contributed by atoms with Gasteiger partial charge in [0.2, 0.25) is 12.0 Å². The van der Waals surface area contributed by atoms with Gasteiger partial charge in [0.05, 0.1) is 37.9 Å². The van der Waals surface area contributed by atoms with E-state index in [1.165, 1.54) is 15.9 Å². The number of fused-ring (bicyclic) bond motifs is 6. The Kier molecular flexibility index (Phi) is 12.1. The lowest BCUT2D eigenvalue weighted by molar-refractivity contribution is -0.206. The lowest BCUT2D eigenvalue weighted by atomic mass is 9.95. The third-order valence-electron chi connectivity index (χ3n) is 14.1. The number of methoxy groups -OCH3 is 2. The summed E-state index contributed by atoms with van der Waals surface area (Å²) in [6.45, 7) is 7.48. The van der Waals surface area contributed by atoms with Crippen LogP contribution < -0.4 is 28.7 Å². The number of hydrogen-bond donors (Lipinski definition) is 0. The number of carbonyl (C=O) groups excluding carboxylic acids is 1. The van der Waals surface area contributed by atoms with Crippen LogP contribution in [0.5, 0.6) is 23.4 Å². The second-order valence-corrected chi connectivity index (χ2v) is 19.9. The van der Waals surface area contributed by atoms with Crippen molar-refractivity contribution in [2.45, 2.75) is 121 Å². The number of aryl methyl sites for hydroxylation is 1. The fraction of sp³-hybridized carbons (Fsp3) is 0.500. The number of aromatic nitrogens is 4. The Labute approximate surface area is 400 Å². The molecule has 3 aromatic heterocycles. The number of rotatable bonds is 11. The molecular formula is C50H54F6N8O6. The van der Waals surface area contributed by atoms with Gasteiger partial charge in [-0.15, -0.1) is 0 Å². The molecule has 0 N–H and O–H groups in total. The number of nitrogens with zero attached hydrogens (tertiary/aromatic N) is 8. The molecule has 1 amide bonds. The van der Waals surface area contributed by atoms with Gasteiger partial charge in [-0.3, -0.25) is 9.80 Å². The van der Waals surface area contributed by atoms with Gasteiger partial charge in [-0.1, -0.05) is 24.3 Å². The van der Waals surface area contributed by atoms with Crippen molar-refractivity contribution in [2.75, 3.05) is 50.3 Å². The van der Waals surface area contributed by atoms with Gasteiger partial charge in [-0.05, 0) is 101 Å². The molecule has 14 nitrogen and oxygen atoms in total. The predicted molar refractivity (Wildman–Crippen MR) is 246 cm³/mol. The van der Waals surface area contributed by atoms with Gasteiger partial charge in [0.1, 0.15) is 52.3 Å². The van der Waals surface area contributed by atoms with Crippen LogP contribution in [0, 0.1) is 18.6 Å². The van der Waals surface area contributed by atoms with E-state index < -0.39 is 88.1 Å². The Morgan fingerprint density at radius 1 is 0.900 bits per heavy atom. The number of carbonyl (C=O) groups is 1. The molecule has 5 aliphatic heterocycles. The fourth-order valence-electron chi connectivity index (χ4n) is 11.0. The Bertz CT molecular complexity index is 2750. The van der Waals surface area contributed by atoms with Gasteiger partial charge in [-0.2, -0.15) is 23.1 Å². The molecule has 5 aromatic rings. The van der Waals surface area contributed by atoms with Gasteiger partial charge < -0.3 is 33.5 Å². The van der Waals surface area contributed by atoms with Crippen molar-refractivity contribution in [3.63, 3.8) is 0 Å². The normalized spacial score (nSPS) is 24.0. The van der Waals surface area contributed by atoms with E-state index >= 15 is 22.0 Å². The molecule has 0 radical (unpaired) electrons. The van der Waals surface area contributed by atoms with Gasteiger partial charge in [-0.25, -0.2) is 27.9 Å². The second kappa shape index (κ2) is 17.8. The Hall–Kier alpha value is -6.31. The van der Waals surface area contributed by atoms with Crippen LogP contribution in [0.2, 0.25) is 0 Å². The summed E-state index contributed by atoms with van der Waals surface area (Å²) in [6, 6.07) is 11.9. The van der Waals surface area contributed by atoms with E-state index in [9.17, 15) is 9.18 Å². The summed E-state index contributed by atoms with van der Waals surface area (Å²) in [6.07, 6.45) is -7.49. The van der Waals surface area contributed by atoms with Gasteiger partial charge in [0.15, 0.2) is 17.5 Å². The molecule has 70 heavy (non-hydrogen) atoms. The topological polar surface area (TPSA) is 128 Å². The third-order valence-corrected chi connectivity index (χ3v) is 14.1. The largest absolute Gasteiger partial charge is 0.497 e. The van der Waals surface area contributed by atoms with E-state index in [-0.39, 0.29) is 74.4 Å². The number of ether oxygens (including phenoxy) is 5. The van der Waals surface area contributed by atoms with Crippen molar-refractivity contribution >= 4 is 28.6 Å². The van der Waals surface area contributed by atoms with Crippen LogP contribution in [0.3, 0.4) is 0 Å². The first-order valence-corrected chi connectivity index (χ1v) is 23.5. The summed E-state index contributed by atoms with van der Waals surface area (Å²) >= 11 is 0. The monoisotopic (exact) mass is 976 g/mol. The van der Waals surface area contributed by atoms with E-state index in [0.717, 1.165) is 17.5 Å². The molecule has 6 atom stereocenters. The van der Waals surface area contributed by atoms with Crippen LogP contribution in [0.1, 0.15) is 69.7 Å². The van der Waals surface area contributed by atoms with Crippen molar-refractivity contribution in [1.29, 1.82) is 0 Å². The predicted octanol–water partition coefficient (Wildman–Crippen LogP) is 9.13. The number of amides is 1. The number of anilines is 2. The highest BCUT2D eigenvalue weighted by molar-refractivity contribution is 5.97. The maximum atomic E-state index is 17.9. The molecule has 4 saturated heterocycles. The van der Waals surface area contributed by atoms with E-state index in [0.29, 0.717) is 30.9 Å². The number of hydrogen-bond acceptors (Lipinski definition) is 13. The minimum Gasteiger partial charge on any atom is -0.497 e. The quantitative estimate of drug-likeness (QED) is 0.117. The first kappa shape index (κ1) is 47.4. The number of piperazine rings is 1. The number of halogens is 6. The van der Waals surface area contributed by atoms with E-state index in [4.69, 9.17) is 28.7 Å². The average molecular weight is 977 g/mol. The highest BCUT2D eigenvalue weighted by atomic mass is 19.4. The van der Waals surface area contributed by atoms with Crippen LogP contribution >= 0.6 is 0 Å². The molecule has 8 heterocycles. The zero-order valence-electron chi connectivity index (χ0n) is 39.7. The Morgan fingerprint density at radius 3 is 2.20 bits per heavy atom. The molecule has 20 heteroatoms. The minimum absolute atomic E-state index is 0.0761. The Morgan fingerprint density at radius 2 is 1.57 bits per heavy atom. The summed E-state index contributed by atoms with van der Waals surface area (Å²) in [5, 5.41) is -0.284. The van der Waals surface area contributed by atoms with Crippen LogP contribution in [0.15, 0.2) is 54.6 Å². The van der Waals surface area contributed by atoms with Crippen LogP contribution in [0.4, 0.5) is 42.8 Å². The molecule has 0 spiro atoms. The highest BCUT2D eigenvalue weighted by Crippen LogP contribution is 2.50. The smallest absolute Gasteiger partial charge is 0.427 e. The van der Waals surface area contributed by atoms with Crippen molar-refractivity contribution in [2.24, 2.45) is 0 Å². The van der Waals surface area contributed by atoms with E-state index in [2.05, 4.69) is 15.0 Å². The molecule has 2 bridgehead atoms. The molecule has 4 fully saturated rings. The first-order chi connectivity index (χ1) is 33.3. The molecule has 5 aliphatic rings. The summed E-state index contributed by atoms with van der Waals surface area (Å²) in [4.78, 5) is 38.5. The van der Waals surface area contributed by atoms with Crippen molar-refractivity contribution in [3.05, 3.63) is 83.1 Å². The van der Waals surface area contributed by atoms with E-state index in [1.807, 2.05) is 29.2 Å². The molecule has 0 aliphatic carbocycles. The Balaban J connectivity index is 1.13. The van der Waals surface area contributed by atoms with Crippen LogP contribution in [-0.2, 0) is 17.8 Å². The molecular weight excluding hydrogens is 923 g/mol. The van der Waals surface area contributed by atoms with Crippen molar-refractivity contribution < 1.29 is 54.8 Å². The van der Waals surface area contributed by atoms with Crippen molar-refractivity contribution in [3.8, 4) is 34.6 Å². The van der Waals surface area contributed by atoms with Crippen LogP contribution in [-0.4, -0.2) is 124 Å². The molecule has 0 unspecified atom stereocenters. The third kappa shape index (κ3) is 8.69. The minimum atomic E-state index is -5.08. The SMILES string of the molecule is COc1ccc(CN(Cc2ccc(OC)cc2)c2nc(C)cc(-c3nc4c5c(nc(OC[C@@]67CCCN6C[C@H](F)C7)nc5c3F)N3C[C@H]5CC[C@@H]([C@H]3[C@H](C(F)(F)F)O4)N5C(=O)OC(C)(C)C)c2F)cc1. The second-order valence-electron chi connectivity index (χ2n) is 19.9. The molecule has 372 valence electrons. The lowest BCUT2D eigenvalue weighted by Gasteiger charge is -2.48. The lowest BCUT2D eigenvalue weighted by Crippen LogP contribution is -2.68. The number of alkyl halides is 4. The fourth-order valence-corrected chi connectivity index (χ4v) is 11.0. The maximum absolute atomic E-state index is 17.9. The van der Waals surface area contributed by atoms with E-state index in [1.54, 1.807) is 71.1 Å². The molecule has 0 saturated carbocycles. The van der Waals surface area contributed by atoms with Gasteiger partial charge in [0, 0.05) is 43.9 Å². The van der Waals surface area contributed by atoms with Crippen LogP contribution in [0.25, 0.3) is 22.2 Å². The average Bonchev–Trinajstić information content (AvgIpc) is 3.93. The first-order valence-electron chi connectivity index (χ1n) is 23.5.